The number of nitrogens with two attached hydrogens (primary N) is 1. The van der Waals surface area contributed by atoms with Gasteiger partial charge < -0.3 is 11.1 Å². The summed E-state index contributed by atoms with van der Waals surface area (Å²) >= 11 is 0. The highest BCUT2D eigenvalue weighted by atomic mass is 35.5. The Labute approximate surface area is 121 Å². The monoisotopic (exact) mass is 293 g/mol. The number of rotatable bonds is 5. The predicted molar refractivity (Wildman–Crippen MR) is 78.2 cm³/mol. The highest BCUT2D eigenvalue weighted by Gasteiger charge is 2.15. The van der Waals surface area contributed by atoms with E-state index in [0.29, 0.717) is 6.42 Å². The lowest BCUT2D eigenvalue weighted by atomic mass is 10.1. The van der Waals surface area contributed by atoms with E-state index in [4.69, 9.17) is 5.73 Å². The van der Waals surface area contributed by atoms with E-state index in [0.717, 1.165) is 12.0 Å². The molecule has 0 aliphatic carbocycles. The summed E-state index contributed by atoms with van der Waals surface area (Å²) in [4.78, 5) is 15.7. The summed E-state index contributed by atoms with van der Waals surface area (Å²) in [7, 11) is 0. The maximum atomic E-state index is 11.7. The number of hydrogen-bond acceptors (Lipinski definition) is 3. The third-order valence-electron chi connectivity index (χ3n) is 2.48. The van der Waals surface area contributed by atoms with Crippen molar-refractivity contribution in [2.24, 2.45) is 5.73 Å². The Hall–Kier alpha value is -0.840. The average Bonchev–Trinajstić information content (AvgIpc) is 2.30. The lowest BCUT2D eigenvalue weighted by molar-refractivity contribution is -0.123. The Balaban J connectivity index is 0. The van der Waals surface area contributed by atoms with Crippen LogP contribution in [-0.4, -0.2) is 16.9 Å². The Morgan fingerprint density at radius 1 is 1.50 bits per heavy atom. The van der Waals surface area contributed by atoms with E-state index >= 15 is 0 Å². The van der Waals surface area contributed by atoms with Gasteiger partial charge in [-0.25, -0.2) is 0 Å². The summed E-state index contributed by atoms with van der Waals surface area (Å²) in [5.74, 6) is -0.0989. The van der Waals surface area contributed by atoms with Gasteiger partial charge in [0.15, 0.2) is 0 Å². The summed E-state index contributed by atoms with van der Waals surface area (Å²) < 4.78 is 0. The molecule has 18 heavy (non-hydrogen) atoms. The van der Waals surface area contributed by atoms with Crippen LogP contribution in [0.15, 0.2) is 24.5 Å². The number of amides is 1. The van der Waals surface area contributed by atoms with Crippen molar-refractivity contribution in [2.75, 3.05) is 0 Å². The number of halogens is 2. The summed E-state index contributed by atoms with van der Waals surface area (Å²) in [6, 6.07) is 3.32. The zero-order valence-electron chi connectivity index (χ0n) is 10.6. The van der Waals surface area contributed by atoms with E-state index in [1.807, 2.05) is 26.0 Å². The predicted octanol–water partition coefficient (Wildman–Crippen LogP) is 2.23. The standard InChI is InChI=1S/C12H19N3O.2ClH/c1-3-5-11(13)12(16)15-9(2)10-6-4-7-14-8-10;;/h4,6-9,11H,3,5,13H2,1-2H3,(H,15,16);2*1H. The molecule has 0 saturated heterocycles. The number of carbonyl (C=O) groups excluding carboxylic acids is 1. The van der Waals surface area contributed by atoms with Gasteiger partial charge in [-0.2, -0.15) is 0 Å². The van der Waals surface area contributed by atoms with Crippen molar-refractivity contribution in [1.82, 2.24) is 10.3 Å². The third-order valence-corrected chi connectivity index (χ3v) is 2.48. The number of pyridine rings is 1. The van der Waals surface area contributed by atoms with Gasteiger partial charge in [0.05, 0.1) is 12.1 Å². The smallest absolute Gasteiger partial charge is 0.237 e. The van der Waals surface area contributed by atoms with Crippen LogP contribution in [0.25, 0.3) is 0 Å². The van der Waals surface area contributed by atoms with Gasteiger partial charge in [-0.15, -0.1) is 24.8 Å². The number of hydrogen-bond donors (Lipinski definition) is 2. The van der Waals surface area contributed by atoms with Crippen molar-refractivity contribution in [2.45, 2.75) is 38.8 Å². The number of carbonyl (C=O) groups is 1. The molecule has 104 valence electrons. The maximum Gasteiger partial charge on any atom is 0.237 e. The first-order valence-corrected chi connectivity index (χ1v) is 5.61. The van der Waals surface area contributed by atoms with Gasteiger partial charge in [0.25, 0.3) is 0 Å². The van der Waals surface area contributed by atoms with Crippen molar-refractivity contribution in [3.05, 3.63) is 30.1 Å². The molecule has 1 rings (SSSR count). The summed E-state index contributed by atoms with van der Waals surface area (Å²) in [6.07, 6.45) is 5.08. The second-order valence-electron chi connectivity index (χ2n) is 3.91. The van der Waals surface area contributed by atoms with Gasteiger partial charge in [-0.1, -0.05) is 19.4 Å². The molecule has 4 nitrogen and oxygen atoms in total. The Kier molecular flexibility index (Phi) is 11.0. The highest BCUT2D eigenvalue weighted by molar-refractivity contribution is 5.85. The van der Waals surface area contributed by atoms with Crippen LogP contribution in [0.5, 0.6) is 0 Å². The van der Waals surface area contributed by atoms with E-state index in [9.17, 15) is 4.79 Å². The van der Waals surface area contributed by atoms with Crippen LogP contribution in [0.2, 0.25) is 0 Å². The maximum absolute atomic E-state index is 11.7. The summed E-state index contributed by atoms with van der Waals surface area (Å²) in [5, 5.41) is 2.88. The SMILES string of the molecule is CCCC(N)C(=O)NC(C)c1cccnc1.Cl.Cl. The van der Waals surface area contributed by atoms with E-state index in [2.05, 4.69) is 10.3 Å². The molecule has 3 N–H and O–H groups in total. The first-order valence-electron chi connectivity index (χ1n) is 5.61. The molecule has 1 aromatic heterocycles. The van der Waals surface area contributed by atoms with Gasteiger partial charge >= 0.3 is 0 Å². The van der Waals surface area contributed by atoms with Gasteiger partial charge in [0.2, 0.25) is 5.91 Å². The molecule has 0 aliphatic heterocycles. The van der Waals surface area contributed by atoms with Gasteiger partial charge in [-0.05, 0) is 25.0 Å². The quantitative estimate of drug-likeness (QED) is 0.875. The van der Waals surface area contributed by atoms with Crippen molar-refractivity contribution in [1.29, 1.82) is 0 Å². The zero-order valence-corrected chi connectivity index (χ0v) is 12.3. The second kappa shape index (κ2) is 10.1. The molecule has 0 bridgehead atoms. The van der Waals surface area contributed by atoms with Crippen LogP contribution >= 0.6 is 24.8 Å². The van der Waals surface area contributed by atoms with Crippen LogP contribution in [-0.2, 0) is 4.79 Å². The molecule has 2 unspecified atom stereocenters. The minimum atomic E-state index is -0.413. The van der Waals surface area contributed by atoms with E-state index in [1.54, 1.807) is 12.4 Å². The topological polar surface area (TPSA) is 68.0 Å². The molecule has 2 atom stereocenters. The zero-order chi connectivity index (χ0) is 12.0. The fourth-order valence-corrected chi connectivity index (χ4v) is 1.48. The van der Waals surface area contributed by atoms with E-state index in [1.165, 1.54) is 0 Å². The fourth-order valence-electron chi connectivity index (χ4n) is 1.48. The molecule has 0 spiro atoms. The molecule has 0 radical (unpaired) electrons. The summed E-state index contributed by atoms with van der Waals surface area (Å²) in [6.45, 7) is 3.94. The minimum Gasteiger partial charge on any atom is -0.348 e. The molecular weight excluding hydrogens is 273 g/mol. The largest absolute Gasteiger partial charge is 0.348 e. The molecule has 1 amide bonds. The Morgan fingerprint density at radius 2 is 2.17 bits per heavy atom. The third kappa shape index (κ3) is 6.19. The first kappa shape index (κ1) is 19.5. The molecule has 0 aliphatic rings. The first-order chi connectivity index (χ1) is 7.65. The molecule has 0 fully saturated rings. The van der Waals surface area contributed by atoms with E-state index < -0.39 is 6.04 Å². The van der Waals surface area contributed by atoms with Crippen LogP contribution in [0, 0.1) is 0 Å². The molecule has 0 saturated carbocycles. The molecule has 6 heteroatoms. The second-order valence-corrected chi connectivity index (χ2v) is 3.91. The van der Waals surface area contributed by atoms with Crippen LogP contribution < -0.4 is 11.1 Å². The lowest BCUT2D eigenvalue weighted by Crippen LogP contribution is -2.41. The molecule has 1 heterocycles. The van der Waals surface area contributed by atoms with E-state index in [-0.39, 0.29) is 36.8 Å². The van der Waals surface area contributed by atoms with Crippen molar-refractivity contribution in [3.63, 3.8) is 0 Å². The Bertz CT molecular complexity index is 335. The highest BCUT2D eigenvalue weighted by Crippen LogP contribution is 2.10. The molecular formula is C12H21Cl2N3O. The Morgan fingerprint density at radius 3 is 2.67 bits per heavy atom. The number of aromatic nitrogens is 1. The molecule has 0 aromatic carbocycles. The normalized spacial score (nSPS) is 12.6. The van der Waals surface area contributed by atoms with Gasteiger partial charge in [0, 0.05) is 12.4 Å². The fraction of sp³-hybridized carbons (Fsp3) is 0.500. The molecule has 1 aromatic rings. The van der Waals surface area contributed by atoms with Crippen LogP contribution in [0.1, 0.15) is 38.3 Å². The average molecular weight is 294 g/mol. The minimum absolute atomic E-state index is 0. The van der Waals surface area contributed by atoms with Crippen LogP contribution in [0.4, 0.5) is 0 Å². The lowest BCUT2D eigenvalue weighted by Gasteiger charge is -2.17. The number of nitrogens with zero attached hydrogens (tertiary/aromatic N) is 1. The van der Waals surface area contributed by atoms with Gasteiger partial charge in [-0.3, -0.25) is 9.78 Å². The van der Waals surface area contributed by atoms with Crippen molar-refractivity contribution >= 4 is 30.7 Å². The number of nitrogens with one attached hydrogen (secondary N) is 1. The van der Waals surface area contributed by atoms with Crippen molar-refractivity contribution in [3.8, 4) is 0 Å². The summed E-state index contributed by atoms with van der Waals surface area (Å²) in [5.41, 5.74) is 6.71. The van der Waals surface area contributed by atoms with Crippen molar-refractivity contribution < 1.29 is 4.79 Å². The van der Waals surface area contributed by atoms with Gasteiger partial charge in [0.1, 0.15) is 0 Å². The van der Waals surface area contributed by atoms with Crippen LogP contribution in [0.3, 0.4) is 0 Å².